The van der Waals surface area contributed by atoms with Crippen molar-refractivity contribution in [2.75, 3.05) is 42.7 Å². The number of esters is 1. The van der Waals surface area contributed by atoms with Crippen LogP contribution in [-0.4, -0.2) is 33.2 Å². The van der Waals surface area contributed by atoms with Crippen molar-refractivity contribution in [1.82, 2.24) is 0 Å². The minimum Gasteiger partial charge on any atom is -0.441 e. The van der Waals surface area contributed by atoms with Crippen molar-refractivity contribution in [2.24, 2.45) is 0 Å². The third kappa shape index (κ3) is 3.91. The molecule has 0 saturated heterocycles. The number of hydrogen-bond acceptors (Lipinski definition) is 5. The van der Waals surface area contributed by atoms with Crippen molar-refractivity contribution >= 4 is 23.0 Å². The van der Waals surface area contributed by atoms with Gasteiger partial charge in [-0.25, -0.2) is 4.79 Å². The second-order valence-corrected chi connectivity index (χ2v) is 9.74. The second-order valence-electron chi connectivity index (χ2n) is 9.74. The molecule has 0 aliphatic carbocycles. The lowest BCUT2D eigenvalue weighted by atomic mass is 9.74. The van der Waals surface area contributed by atoms with Crippen molar-refractivity contribution < 1.29 is 9.53 Å². The van der Waals surface area contributed by atoms with Gasteiger partial charge in [0.2, 0.25) is 0 Å². The van der Waals surface area contributed by atoms with Crippen LogP contribution < -0.4 is 15.5 Å². The normalized spacial score (nSPS) is 16.6. The molecule has 36 heavy (non-hydrogen) atoms. The van der Waals surface area contributed by atoms with E-state index < -0.39 is 5.60 Å². The Kier molecular flexibility index (Phi) is 7.03. The molecule has 0 spiro atoms. The molecule has 1 atom stereocenters. The SMILES string of the molecule is CCc1c(N)cc2c(c1CC)C(c1ccc(N(C)C)cc1)(c1ccc(N(CC)CC)cc1C)OC2=O. The molecular formula is C31H39N3O2. The van der Waals surface area contributed by atoms with Gasteiger partial charge in [0.25, 0.3) is 0 Å². The van der Waals surface area contributed by atoms with Crippen molar-refractivity contribution in [3.63, 3.8) is 0 Å². The Morgan fingerprint density at radius 1 is 0.861 bits per heavy atom. The molecule has 4 rings (SSSR count). The van der Waals surface area contributed by atoms with Gasteiger partial charge in [-0.3, -0.25) is 0 Å². The zero-order chi connectivity index (χ0) is 26.2. The van der Waals surface area contributed by atoms with Crippen LogP contribution in [0.2, 0.25) is 0 Å². The molecule has 190 valence electrons. The molecule has 0 fully saturated rings. The summed E-state index contributed by atoms with van der Waals surface area (Å²) in [6, 6.07) is 16.7. The maximum Gasteiger partial charge on any atom is 0.340 e. The van der Waals surface area contributed by atoms with Crippen molar-refractivity contribution in [2.45, 2.75) is 53.1 Å². The van der Waals surface area contributed by atoms with E-state index >= 15 is 0 Å². The molecule has 5 nitrogen and oxygen atoms in total. The lowest BCUT2D eigenvalue weighted by Crippen LogP contribution is -2.32. The van der Waals surface area contributed by atoms with E-state index in [1.165, 1.54) is 5.69 Å². The molecule has 1 aliphatic rings. The summed E-state index contributed by atoms with van der Waals surface area (Å²) < 4.78 is 6.50. The summed E-state index contributed by atoms with van der Waals surface area (Å²) >= 11 is 0. The fraction of sp³-hybridized carbons (Fsp3) is 0.387. The lowest BCUT2D eigenvalue weighted by Gasteiger charge is -2.34. The van der Waals surface area contributed by atoms with Gasteiger partial charge in [0.15, 0.2) is 5.60 Å². The summed E-state index contributed by atoms with van der Waals surface area (Å²) in [4.78, 5) is 17.9. The van der Waals surface area contributed by atoms with Crippen molar-refractivity contribution in [1.29, 1.82) is 0 Å². The fourth-order valence-electron chi connectivity index (χ4n) is 5.79. The predicted octanol–water partition coefficient (Wildman–Crippen LogP) is 6.08. The molecule has 3 aromatic rings. The van der Waals surface area contributed by atoms with Crippen LogP contribution in [0.25, 0.3) is 0 Å². The number of fused-ring (bicyclic) bond motifs is 1. The van der Waals surface area contributed by atoms with E-state index in [1.54, 1.807) is 0 Å². The average Bonchev–Trinajstić information content (AvgIpc) is 3.16. The van der Waals surface area contributed by atoms with E-state index in [-0.39, 0.29) is 5.97 Å². The summed E-state index contributed by atoms with van der Waals surface area (Å²) in [5.41, 5.74) is 15.1. The van der Waals surface area contributed by atoms with Gasteiger partial charge in [0.05, 0.1) is 5.56 Å². The van der Waals surface area contributed by atoms with Crippen LogP contribution in [-0.2, 0) is 23.2 Å². The third-order valence-corrected chi connectivity index (χ3v) is 7.62. The largest absolute Gasteiger partial charge is 0.441 e. The summed E-state index contributed by atoms with van der Waals surface area (Å²) in [7, 11) is 4.05. The fourth-order valence-corrected chi connectivity index (χ4v) is 5.79. The monoisotopic (exact) mass is 485 g/mol. The number of nitrogens with two attached hydrogens (primary N) is 1. The molecule has 3 aromatic carbocycles. The highest BCUT2D eigenvalue weighted by molar-refractivity contribution is 5.98. The molecule has 1 heterocycles. The first-order valence-corrected chi connectivity index (χ1v) is 13.0. The predicted molar refractivity (Wildman–Crippen MR) is 150 cm³/mol. The zero-order valence-corrected chi connectivity index (χ0v) is 22.7. The number of nitrogens with zero attached hydrogens (tertiary/aromatic N) is 2. The van der Waals surface area contributed by atoms with Crippen molar-refractivity contribution in [3.8, 4) is 0 Å². The third-order valence-electron chi connectivity index (χ3n) is 7.62. The van der Waals surface area contributed by atoms with Gasteiger partial charge in [-0.2, -0.15) is 0 Å². The van der Waals surface area contributed by atoms with E-state index in [4.69, 9.17) is 10.5 Å². The van der Waals surface area contributed by atoms with E-state index in [9.17, 15) is 4.79 Å². The number of carbonyl (C=O) groups is 1. The first-order valence-electron chi connectivity index (χ1n) is 13.0. The Labute approximate surface area is 215 Å². The van der Waals surface area contributed by atoms with Gasteiger partial charge in [0, 0.05) is 60.9 Å². The molecule has 0 saturated carbocycles. The first kappa shape index (κ1) is 25.6. The number of carbonyl (C=O) groups excluding carboxylic acids is 1. The number of nitrogen functional groups attached to an aromatic ring is 1. The molecule has 0 amide bonds. The Balaban J connectivity index is 2.08. The van der Waals surface area contributed by atoms with Crippen LogP contribution in [0.5, 0.6) is 0 Å². The molecule has 0 radical (unpaired) electrons. The summed E-state index contributed by atoms with van der Waals surface area (Å²) in [5, 5.41) is 0. The van der Waals surface area contributed by atoms with E-state index in [0.29, 0.717) is 11.3 Å². The van der Waals surface area contributed by atoms with Gasteiger partial charge in [0.1, 0.15) is 0 Å². The molecule has 0 bridgehead atoms. The van der Waals surface area contributed by atoms with Gasteiger partial charge in [-0.1, -0.05) is 32.0 Å². The lowest BCUT2D eigenvalue weighted by molar-refractivity contribution is 0.0248. The quantitative estimate of drug-likeness (QED) is 0.310. The molecular weight excluding hydrogens is 446 g/mol. The standard InChI is InChI=1S/C31H39N3O2/c1-8-24-25(9-2)29-26(19-28(24)32)30(35)36-31(29,21-12-14-22(15-13-21)33(6)7)27-17-16-23(18-20(27)5)34(10-3)11-4/h12-19H,8-11,32H2,1-7H3. The number of rotatable bonds is 8. The average molecular weight is 486 g/mol. The Morgan fingerprint density at radius 2 is 1.47 bits per heavy atom. The summed E-state index contributed by atoms with van der Waals surface area (Å²) in [6.45, 7) is 12.6. The minimum atomic E-state index is -1.04. The van der Waals surface area contributed by atoms with Crippen LogP contribution in [0.4, 0.5) is 17.1 Å². The molecule has 1 unspecified atom stereocenters. The Bertz CT molecular complexity index is 1280. The van der Waals surface area contributed by atoms with E-state index in [1.807, 2.05) is 20.2 Å². The highest BCUT2D eigenvalue weighted by Crippen LogP contribution is 2.51. The van der Waals surface area contributed by atoms with Crippen LogP contribution in [0.15, 0.2) is 48.5 Å². The number of benzene rings is 3. The van der Waals surface area contributed by atoms with Gasteiger partial charge in [-0.05, 0) is 80.6 Å². The van der Waals surface area contributed by atoms with Crippen LogP contribution in [0.3, 0.4) is 0 Å². The highest BCUT2D eigenvalue weighted by Gasteiger charge is 2.51. The molecule has 5 heteroatoms. The topological polar surface area (TPSA) is 58.8 Å². The summed E-state index contributed by atoms with van der Waals surface area (Å²) in [5.74, 6) is -0.321. The first-order chi connectivity index (χ1) is 17.2. The Morgan fingerprint density at radius 3 is 2.00 bits per heavy atom. The van der Waals surface area contributed by atoms with Gasteiger partial charge in [-0.15, -0.1) is 0 Å². The number of ether oxygens (including phenoxy) is 1. The van der Waals surface area contributed by atoms with E-state index in [0.717, 1.165) is 65.0 Å². The maximum atomic E-state index is 13.5. The Hall–Kier alpha value is -3.47. The number of anilines is 3. The van der Waals surface area contributed by atoms with Crippen LogP contribution >= 0.6 is 0 Å². The number of hydrogen-bond donors (Lipinski definition) is 1. The summed E-state index contributed by atoms with van der Waals surface area (Å²) in [6.07, 6.45) is 1.56. The maximum absolute atomic E-state index is 13.5. The zero-order valence-electron chi connectivity index (χ0n) is 22.7. The highest BCUT2D eigenvalue weighted by atomic mass is 16.6. The van der Waals surface area contributed by atoms with Gasteiger partial charge >= 0.3 is 5.97 Å². The van der Waals surface area contributed by atoms with Gasteiger partial charge < -0.3 is 20.3 Å². The molecule has 0 aromatic heterocycles. The minimum absolute atomic E-state index is 0.321. The number of aryl methyl sites for hydroxylation is 1. The van der Waals surface area contributed by atoms with E-state index in [2.05, 4.69) is 86.9 Å². The smallest absolute Gasteiger partial charge is 0.340 e. The number of cyclic esters (lactones) is 1. The van der Waals surface area contributed by atoms with Crippen LogP contribution in [0, 0.1) is 6.92 Å². The molecule has 1 aliphatic heterocycles. The molecule has 2 N–H and O–H groups in total. The van der Waals surface area contributed by atoms with Crippen molar-refractivity contribution in [3.05, 3.63) is 87.5 Å². The second kappa shape index (κ2) is 9.88. The van der Waals surface area contributed by atoms with Crippen LogP contribution in [0.1, 0.15) is 71.4 Å².